The maximum atomic E-state index is 12.8. The van der Waals surface area contributed by atoms with Gasteiger partial charge in [0.15, 0.2) is 11.2 Å². The van der Waals surface area contributed by atoms with Crippen LogP contribution in [0, 0.1) is 16.2 Å². The van der Waals surface area contributed by atoms with Crippen molar-refractivity contribution in [2.75, 3.05) is 5.32 Å². The first kappa shape index (κ1) is 17.1. The van der Waals surface area contributed by atoms with Crippen LogP contribution in [0.15, 0.2) is 36.5 Å². The Hall–Kier alpha value is -2.70. The molecule has 0 atom stereocenters. The van der Waals surface area contributed by atoms with Gasteiger partial charge in [0, 0.05) is 0 Å². The van der Waals surface area contributed by atoms with Gasteiger partial charge in [0.1, 0.15) is 0 Å². The zero-order valence-electron chi connectivity index (χ0n) is 14.8. The molecule has 0 bridgehead atoms. The number of hydrogen-bond acceptors (Lipinski definition) is 4. The highest BCUT2D eigenvalue weighted by atomic mass is 16.4. The fourth-order valence-electron chi connectivity index (χ4n) is 3.93. The van der Waals surface area contributed by atoms with Gasteiger partial charge < -0.3 is 10.4 Å². The van der Waals surface area contributed by atoms with Crippen LogP contribution in [0.2, 0.25) is 0 Å². The fraction of sp³-hybridized carbons (Fsp3) is 0.444. The molecule has 1 amide bonds. The van der Waals surface area contributed by atoms with E-state index in [9.17, 15) is 14.7 Å². The van der Waals surface area contributed by atoms with Crippen molar-refractivity contribution in [3.8, 4) is 0 Å². The Morgan fingerprint density at radius 2 is 1.72 bits per heavy atom. The predicted octanol–water partition coefficient (Wildman–Crippen LogP) is 2.40. The smallest absolute Gasteiger partial charge is 0.320 e. The molecule has 0 saturated heterocycles. The largest absolute Gasteiger partial charge is 0.480 e. The summed E-state index contributed by atoms with van der Waals surface area (Å²) in [4.78, 5) is 24.7. The van der Waals surface area contributed by atoms with Crippen LogP contribution in [0.1, 0.15) is 33.3 Å². The molecule has 2 N–H and O–H groups in total. The second-order valence-corrected chi connectivity index (χ2v) is 7.55. The summed E-state index contributed by atoms with van der Waals surface area (Å²) in [5, 5.41) is 20.3. The number of carbonyl (C=O) groups excluding carboxylic acids is 1. The van der Waals surface area contributed by atoms with E-state index in [1.807, 2.05) is 30.3 Å². The molecule has 1 aliphatic rings. The molecule has 0 radical (unpaired) electrons. The van der Waals surface area contributed by atoms with E-state index in [1.165, 1.54) is 0 Å². The van der Waals surface area contributed by atoms with Crippen LogP contribution < -0.4 is 5.32 Å². The number of carboxylic acids is 1. The molecular formula is C18H22N4O3. The number of carbonyl (C=O) groups is 2. The number of anilines is 1. The highest BCUT2D eigenvalue weighted by Crippen LogP contribution is 2.78. The Morgan fingerprint density at radius 3 is 2.24 bits per heavy atom. The van der Waals surface area contributed by atoms with Crippen molar-refractivity contribution in [1.29, 1.82) is 0 Å². The summed E-state index contributed by atoms with van der Waals surface area (Å²) in [5.41, 5.74) is -1.74. The van der Waals surface area contributed by atoms with Crippen LogP contribution in [-0.4, -0.2) is 32.0 Å². The molecule has 3 rings (SSSR count). The standard InChI is InChI=1S/C18H22N4O3/c1-16(2)17(3,4)18(16,15(24)25)14(23)19-13-11-22(21-20-13)10-12-8-6-5-7-9-12/h5-9,11H,10H2,1-4H3,(H,19,23)(H,24,25). The number of aliphatic carboxylic acids is 1. The van der Waals surface area contributed by atoms with Crippen molar-refractivity contribution < 1.29 is 14.7 Å². The number of hydrogen-bond donors (Lipinski definition) is 2. The summed E-state index contributed by atoms with van der Waals surface area (Å²) >= 11 is 0. The van der Waals surface area contributed by atoms with Crippen molar-refractivity contribution in [3.63, 3.8) is 0 Å². The van der Waals surface area contributed by atoms with Crippen molar-refractivity contribution in [2.45, 2.75) is 34.2 Å². The molecule has 2 aromatic rings. The lowest BCUT2D eigenvalue weighted by molar-refractivity contribution is -0.150. The minimum absolute atomic E-state index is 0.250. The zero-order chi connectivity index (χ0) is 18.5. The molecule has 1 aromatic carbocycles. The van der Waals surface area contributed by atoms with E-state index in [1.54, 1.807) is 38.6 Å². The predicted molar refractivity (Wildman–Crippen MR) is 91.8 cm³/mol. The molecule has 1 fully saturated rings. The van der Waals surface area contributed by atoms with E-state index in [0.29, 0.717) is 6.54 Å². The normalized spacial score (nSPS) is 19.2. The number of benzene rings is 1. The number of aromatic nitrogens is 3. The number of nitrogens with one attached hydrogen (secondary N) is 1. The summed E-state index contributed by atoms with van der Waals surface area (Å²) in [5.74, 6) is -1.42. The maximum absolute atomic E-state index is 12.8. The average molecular weight is 342 g/mol. The Kier molecular flexibility index (Phi) is 3.70. The average Bonchev–Trinajstić information content (AvgIpc) is 2.79. The first-order chi connectivity index (χ1) is 11.6. The van der Waals surface area contributed by atoms with Gasteiger partial charge in [0.05, 0.1) is 12.7 Å². The molecule has 0 spiro atoms. The van der Waals surface area contributed by atoms with Crippen molar-refractivity contribution in [2.24, 2.45) is 16.2 Å². The lowest BCUT2D eigenvalue weighted by atomic mass is 9.93. The van der Waals surface area contributed by atoms with Crippen LogP contribution in [0.5, 0.6) is 0 Å². The Labute approximate surface area is 146 Å². The quantitative estimate of drug-likeness (QED) is 0.813. The molecule has 1 heterocycles. The van der Waals surface area contributed by atoms with Gasteiger partial charge in [-0.05, 0) is 16.4 Å². The van der Waals surface area contributed by atoms with Gasteiger partial charge in [-0.3, -0.25) is 9.59 Å². The second kappa shape index (κ2) is 5.40. The minimum atomic E-state index is -1.48. The lowest BCUT2D eigenvalue weighted by Crippen LogP contribution is -2.37. The van der Waals surface area contributed by atoms with Gasteiger partial charge in [-0.2, -0.15) is 0 Å². The van der Waals surface area contributed by atoms with Crippen molar-refractivity contribution in [1.82, 2.24) is 15.0 Å². The summed E-state index contributed by atoms with van der Waals surface area (Å²) in [6.45, 7) is 7.71. The molecule has 1 aliphatic carbocycles. The van der Waals surface area contributed by atoms with E-state index in [4.69, 9.17) is 0 Å². The molecule has 7 nitrogen and oxygen atoms in total. The van der Waals surface area contributed by atoms with Gasteiger partial charge in [0.2, 0.25) is 5.91 Å². The van der Waals surface area contributed by atoms with Crippen LogP contribution in [0.25, 0.3) is 0 Å². The Morgan fingerprint density at radius 1 is 1.12 bits per heavy atom. The molecule has 25 heavy (non-hydrogen) atoms. The van der Waals surface area contributed by atoms with Crippen LogP contribution in [0.3, 0.4) is 0 Å². The van der Waals surface area contributed by atoms with E-state index in [2.05, 4.69) is 15.6 Å². The third kappa shape index (κ3) is 2.26. The first-order valence-electron chi connectivity index (χ1n) is 8.13. The molecule has 1 aromatic heterocycles. The lowest BCUT2D eigenvalue weighted by Gasteiger charge is -2.15. The zero-order valence-corrected chi connectivity index (χ0v) is 14.8. The van der Waals surface area contributed by atoms with Gasteiger partial charge in [-0.1, -0.05) is 63.2 Å². The summed E-state index contributed by atoms with van der Waals surface area (Å²) in [6.07, 6.45) is 1.60. The third-order valence-corrected chi connectivity index (χ3v) is 6.00. The Bertz CT molecular complexity index is 810. The summed E-state index contributed by atoms with van der Waals surface area (Å²) < 4.78 is 1.60. The summed E-state index contributed by atoms with van der Waals surface area (Å²) in [6, 6.07) is 9.73. The molecule has 7 heteroatoms. The fourth-order valence-corrected chi connectivity index (χ4v) is 3.93. The number of rotatable bonds is 5. The van der Waals surface area contributed by atoms with Gasteiger partial charge in [-0.25, -0.2) is 4.68 Å². The van der Waals surface area contributed by atoms with Crippen molar-refractivity contribution >= 4 is 17.7 Å². The molecule has 0 aliphatic heterocycles. The van der Waals surface area contributed by atoms with Gasteiger partial charge in [0.25, 0.3) is 0 Å². The molecular weight excluding hydrogens is 320 g/mol. The van der Waals surface area contributed by atoms with Crippen LogP contribution in [0.4, 0.5) is 5.82 Å². The van der Waals surface area contributed by atoms with E-state index in [-0.39, 0.29) is 5.82 Å². The van der Waals surface area contributed by atoms with E-state index >= 15 is 0 Å². The van der Waals surface area contributed by atoms with Gasteiger partial charge >= 0.3 is 5.97 Å². The van der Waals surface area contributed by atoms with E-state index < -0.39 is 28.1 Å². The number of amides is 1. The van der Waals surface area contributed by atoms with Crippen LogP contribution >= 0.6 is 0 Å². The molecule has 132 valence electrons. The highest BCUT2D eigenvalue weighted by molar-refractivity contribution is 6.13. The highest BCUT2D eigenvalue weighted by Gasteiger charge is 2.85. The van der Waals surface area contributed by atoms with E-state index in [0.717, 1.165) is 5.56 Å². The first-order valence-corrected chi connectivity index (χ1v) is 8.13. The monoisotopic (exact) mass is 342 g/mol. The number of nitrogens with zero attached hydrogens (tertiary/aromatic N) is 3. The topological polar surface area (TPSA) is 97.1 Å². The van der Waals surface area contributed by atoms with Crippen LogP contribution in [-0.2, 0) is 16.1 Å². The second-order valence-electron chi connectivity index (χ2n) is 7.55. The molecule has 1 saturated carbocycles. The van der Waals surface area contributed by atoms with Crippen molar-refractivity contribution in [3.05, 3.63) is 42.1 Å². The molecule has 0 unspecified atom stereocenters. The maximum Gasteiger partial charge on any atom is 0.320 e. The SMILES string of the molecule is CC1(C)C(C)(C)C1(C(=O)O)C(=O)Nc1cn(Cc2ccccc2)nn1. The third-order valence-electron chi connectivity index (χ3n) is 6.00. The number of carboxylic acid groups (broad SMARTS) is 1. The summed E-state index contributed by atoms with van der Waals surface area (Å²) in [7, 11) is 0. The minimum Gasteiger partial charge on any atom is -0.480 e. The Balaban J connectivity index is 1.77. The van der Waals surface area contributed by atoms with Gasteiger partial charge in [-0.15, -0.1) is 5.10 Å².